The van der Waals surface area contributed by atoms with Crippen LogP contribution in [0.2, 0.25) is 0 Å². The van der Waals surface area contributed by atoms with E-state index in [2.05, 4.69) is 21.3 Å². The third-order valence-electron chi connectivity index (χ3n) is 7.64. The highest BCUT2D eigenvalue weighted by Crippen LogP contribution is 2.44. The Morgan fingerprint density at radius 2 is 1.41 bits per heavy atom. The molecule has 0 heterocycles. The van der Waals surface area contributed by atoms with Crippen LogP contribution < -0.4 is 27.0 Å². The molecule has 0 unspecified atom stereocenters. The molecule has 248 valence electrons. The molecule has 2 aromatic carbocycles. The van der Waals surface area contributed by atoms with E-state index in [0.29, 0.717) is 0 Å². The summed E-state index contributed by atoms with van der Waals surface area (Å²) in [6.07, 6.45) is -1.06. The van der Waals surface area contributed by atoms with Gasteiger partial charge in [-0.15, -0.1) is 0 Å². The molecule has 3 atom stereocenters. The van der Waals surface area contributed by atoms with Gasteiger partial charge in [0.1, 0.15) is 24.7 Å². The van der Waals surface area contributed by atoms with Crippen molar-refractivity contribution in [2.45, 2.75) is 71.0 Å². The zero-order valence-corrected chi connectivity index (χ0v) is 26.5. The number of carboxylic acids is 1. The Bertz CT molecular complexity index is 1400. The van der Waals surface area contributed by atoms with Crippen LogP contribution in [0.3, 0.4) is 0 Å². The average molecular weight is 638 g/mol. The number of fused-ring (bicyclic) bond motifs is 3. The van der Waals surface area contributed by atoms with Crippen molar-refractivity contribution in [2.75, 3.05) is 13.2 Å². The van der Waals surface area contributed by atoms with Crippen LogP contribution >= 0.6 is 0 Å². The number of carbonyl (C=O) groups is 6. The third kappa shape index (κ3) is 9.78. The maximum atomic E-state index is 13.0. The normalized spacial score (nSPS) is 14.0. The van der Waals surface area contributed by atoms with Crippen molar-refractivity contribution in [3.05, 3.63) is 59.7 Å². The van der Waals surface area contributed by atoms with E-state index >= 15 is 0 Å². The first-order valence-electron chi connectivity index (χ1n) is 15.3. The van der Waals surface area contributed by atoms with E-state index in [1.807, 2.05) is 48.5 Å². The molecule has 13 nitrogen and oxygen atoms in total. The minimum absolute atomic E-state index is 0.0359. The number of ether oxygens (including phenoxy) is 1. The number of hydrogen-bond donors (Lipinski definition) is 6. The fourth-order valence-corrected chi connectivity index (χ4v) is 5.35. The Balaban J connectivity index is 1.56. The van der Waals surface area contributed by atoms with Gasteiger partial charge in [0.15, 0.2) is 0 Å². The van der Waals surface area contributed by atoms with Gasteiger partial charge in [-0.3, -0.25) is 19.2 Å². The molecular weight excluding hydrogens is 594 g/mol. The lowest BCUT2D eigenvalue weighted by Gasteiger charge is -2.23. The molecule has 0 fully saturated rings. The predicted octanol–water partition coefficient (Wildman–Crippen LogP) is 2.03. The Labute approximate surface area is 268 Å². The van der Waals surface area contributed by atoms with E-state index in [1.165, 1.54) is 0 Å². The van der Waals surface area contributed by atoms with Gasteiger partial charge in [0, 0.05) is 12.3 Å². The van der Waals surface area contributed by atoms with Crippen molar-refractivity contribution in [2.24, 2.45) is 17.6 Å². The Hall–Kier alpha value is -4.94. The van der Waals surface area contributed by atoms with Gasteiger partial charge in [-0.25, -0.2) is 9.59 Å². The molecule has 1 aliphatic rings. The number of aliphatic carboxylic acids is 1. The van der Waals surface area contributed by atoms with Crippen molar-refractivity contribution in [1.82, 2.24) is 21.3 Å². The zero-order valence-electron chi connectivity index (χ0n) is 26.5. The molecule has 0 spiro atoms. The van der Waals surface area contributed by atoms with E-state index in [4.69, 9.17) is 10.5 Å². The van der Waals surface area contributed by atoms with Crippen LogP contribution in [-0.2, 0) is 28.7 Å². The summed E-state index contributed by atoms with van der Waals surface area (Å²) in [5.74, 6) is -4.74. The van der Waals surface area contributed by atoms with E-state index in [0.717, 1.165) is 22.3 Å². The van der Waals surface area contributed by atoms with E-state index in [1.54, 1.807) is 27.7 Å². The lowest BCUT2D eigenvalue weighted by Crippen LogP contribution is -2.55. The van der Waals surface area contributed by atoms with Crippen LogP contribution in [0.25, 0.3) is 11.1 Å². The second-order valence-corrected chi connectivity index (χ2v) is 12.1. The summed E-state index contributed by atoms with van der Waals surface area (Å²) < 4.78 is 5.56. The molecule has 7 N–H and O–H groups in total. The number of hydrogen-bond acceptors (Lipinski definition) is 7. The molecule has 0 saturated carbocycles. The first-order valence-corrected chi connectivity index (χ1v) is 15.3. The lowest BCUT2D eigenvalue weighted by molar-refractivity contribution is -0.142. The van der Waals surface area contributed by atoms with Crippen molar-refractivity contribution in [3.8, 4) is 11.1 Å². The van der Waals surface area contributed by atoms with Gasteiger partial charge in [0.2, 0.25) is 23.6 Å². The number of amides is 5. The molecule has 0 radical (unpaired) electrons. The molecule has 0 aromatic heterocycles. The summed E-state index contributed by atoms with van der Waals surface area (Å²) >= 11 is 0. The number of alkyl carbamates (subject to hydrolysis) is 1. The number of primary amides is 1. The summed E-state index contributed by atoms with van der Waals surface area (Å²) in [5.41, 5.74) is 9.45. The maximum Gasteiger partial charge on any atom is 0.407 e. The lowest BCUT2D eigenvalue weighted by atomic mass is 9.98. The van der Waals surface area contributed by atoms with Crippen LogP contribution in [-0.4, -0.2) is 72.1 Å². The first kappa shape index (κ1) is 35.5. The highest BCUT2D eigenvalue weighted by Gasteiger charge is 2.31. The molecule has 2 aromatic rings. The SMILES string of the molecule is CC(C)C[C@@H](NC(=O)[C@@H](CCC(N)=O)NC(=O)CNC(=O)[C@H](NC(=O)OCC1c2ccccc2-c2ccccc21)C(C)C)C(=O)O. The fourth-order valence-electron chi connectivity index (χ4n) is 5.35. The van der Waals surface area contributed by atoms with Gasteiger partial charge >= 0.3 is 12.1 Å². The second-order valence-electron chi connectivity index (χ2n) is 12.1. The predicted molar refractivity (Wildman–Crippen MR) is 169 cm³/mol. The Morgan fingerprint density at radius 1 is 0.826 bits per heavy atom. The van der Waals surface area contributed by atoms with E-state index in [9.17, 15) is 33.9 Å². The second kappa shape index (κ2) is 16.4. The van der Waals surface area contributed by atoms with Crippen LogP contribution in [0.1, 0.15) is 64.0 Å². The number of benzene rings is 2. The number of carbonyl (C=O) groups excluding carboxylic acids is 5. The summed E-state index contributed by atoms with van der Waals surface area (Å²) in [4.78, 5) is 74.3. The minimum atomic E-state index is -1.27. The molecule has 13 heteroatoms. The molecule has 0 aliphatic heterocycles. The van der Waals surface area contributed by atoms with Crippen molar-refractivity contribution in [3.63, 3.8) is 0 Å². The summed E-state index contributed by atoms with van der Waals surface area (Å²) in [6, 6.07) is 12.3. The molecule has 1 aliphatic carbocycles. The number of nitrogens with two attached hydrogens (primary N) is 1. The van der Waals surface area contributed by atoms with Gasteiger partial charge in [-0.2, -0.15) is 0 Å². The van der Waals surface area contributed by atoms with Crippen molar-refractivity contribution < 1.29 is 38.6 Å². The molecule has 5 amide bonds. The molecule has 46 heavy (non-hydrogen) atoms. The molecule has 0 saturated heterocycles. The van der Waals surface area contributed by atoms with Crippen LogP contribution in [0, 0.1) is 11.8 Å². The van der Waals surface area contributed by atoms with E-state index in [-0.39, 0.29) is 43.6 Å². The molecule has 3 rings (SSSR count). The van der Waals surface area contributed by atoms with Crippen LogP contribution in [0.15, 0.2) is 48.5 Å². The highest BCUT2D eigenvalue weighted by molar-refractivity contribution is 5.93. The summed E-state index contributed by atoms with van der Waals surface area (Å²) in [5, 5.41) is 19.3. The highest BCUT2D eigenvalue weighted by atomic mass is 16.5. The van der Waals surface area contributed by atoms with Crippen LogP contribution in [0.5, 0.6) is 0 Å². The molecule has 0 bridgehead atoms. The van der Waals surface area contributed by atoms with Gasteiger partial charge in [0.25, 0.3) is 0 Å². The monoisotopic (exact) mass is 637 g/mol. The first-order chi connectivity index (χ1) is 21.8. The number of carboxylic acid groups (broad SMARTS) is 1. The topological polar surface area (TPSA) is 206 Å². The largest absolute Gasteiger partial charge is 0.480 e. The Kier molecular flexibility index (Phi) is 12.7. The standard InChI is InChI=1S/C33H43N5O8/c1-18(2)15-26(32(43)44)37-30(41)25(13-14-27(34)39)36-28(40)16-35-31(42)29(19(3)4)38-33(45)46-17-24-22-11-7-5-9-20(22)21-10-6-8-12-23(21)24/h5-12,18-19,24-26,29H,13-17H2,1-4H3,(H2,34,39)(H,35,42)(H,36,40)(H,37,41)(H,38,45)(H,43,44)/t25-,26-,29-/m1/s1. The van der Waals surface area contributed by atoms with E-state index < -0.39 is 60.4 Å². The van der Waals surface area contributed by atoms with Crippen molar-refractivity contribution in [1.29, 1.82) is 0 Å². The van der Waals surface area contributed by atoms with Crippen LogP contribution in [0.4, 0.5) is 4.79 Å². The number of rotatable bonds is 16. The van der Waals surface area contributed by atoms with Gasteiger partial charge in [-0.05, 0) is 46.9 Å². The quantitative estimate of drug-likeness (QED) is 0.160. The smallest absolute Gasteiger partial charge is 0.407 e. The minimum Gasteiger partial charge on any atom is -0.480 e. The summed E-state index contributed by atoms with van der Waals surface area (Å²) in [6.45, 7) is 6.53. The third-order valence-corrected chi connectivity index (χ3v) is 7.64. The number of nitrogens with one attached hydrogen (secondary N) is 4. The molecular formula is C33H43N5O8. The van der Waals surface area contributed by atoms with Gasteiger partial charge in [0.05, 0.1) is 6.54 Å². The Morgan fingerprint density at radius 3 is 1.93 bits per heavy atom. The summed E-state index contributed by atoms with van der Waals surface area (Å²) in [7, 11) is 0. The average Bonchev–Trinajstić information content (AvgIpc) is 3.32. The fraction of sp³-hybridized carbons (Fsp3) is 0.455. The zero-order chi connectivity index (χ0) is 34.0. The van der Waals surface area contributed by atoms with Gasteiger partial charge in [-0.1, -0.05) is 76.2 Å². The van der Waals surface area contributed by atoms with Gasteiger partial charge < -0.3 is 36.8 Å². The van der Waals surface area contributed by atoms with Crippen molar-refractivity contribution >= 4 is 35.7 Å². The maximum absolute atomic E-state index is 13.0.